The van der Waals surface area contributed by atoms with E-state index in [1.807, 2.05) is 6.92 Å². The zero-order valence-corrected chi connectivity index (χ0v) is 11.4. The van der Waals surface area contributed by atoms with Crippen LogP contribution in [0.5, 0.6) is 11.8 Å². The van der Waals surface area contributed by atoms with Crippen molar-refractivity contribution < 1.29 is 14.2 Å². The lowest BCUT2D eigenvalue weighted by Crippen LogP contribution is -2.60. The van der Waals surface area contributed by atoms with Gasteiger partial charge in [0.2, 0.25) is 17.7 Å². The summed E-state index contributed by atoms with van der Waals surface area (Å²) in [6, 6.07) is 1.67. The zero-order chi connectivity index (χ0) is 13.8. The number of methoxy groups -OCH3 is 2. The van der Waals surface area contributed by atoms with Crippen molar-refractivity contribution in [2.45, 2.75) is 31.5 Å². The van der Waals surface area contributed by atoms with Gasteiger partial charge in [-0.2, -0.15) is 9.97 Å². The summed E-state index contributed by atoms with van der Waals surface area (Å²) in [5, 5.41) is 3.18. The predicted octanol–water partition coefficient (Wildman–Crippen LogP) is 0.410. The number of hydrogen-bond donors (Lipinski definition) is 2. The fraction of sp³-hybridized carbons (Fsp3) is 0.667. The lowest BCUT2D eigenvalue weighted by Gasteiger charge is -2.42. The highest BCUT2D eigenvalue weighted by molar-refractivity contribution is 5.36. The molecule has 1 aromatic rings. The van der Waals surface area contributed by atoms with Crippen LogP contribution in [0.15, 0.2) is 6.07 Å². The van der Waals surface area contributed by atoms with Crippen LogP contribution in [0.3, 0.4) is 0 Å². The molecule has 0 spiro atoms. The van der Waals surface area contributed by atoms with E-state index >= 15 is 0 Å². The normalized spacial score (nSPS) is 25.6. The molecule has 3 N–H and O–H groups in total. The summed E-state index contributed by atoms with van der Waals surface area (Å²) in [5.41, 5.74) is 5.97. The number of ether oxygens (including phenoxy) is 3. The van der Waals surface area contributed by atoms with Gasteiger partial charge in [0, 0.05) is 12.6 Å². The smallest absolute Gasteiger partial charge is 0.229 e. The molecule has 3 unspecified atom stereocenters. The van der Waals surface area contributed by atoms with E-state index in [0.717, 1.165) is 6.42 Å². The number of aromatic nitrogens is 2. The molecule has 1 saturated carbocycles. The van der Waals surface area contributed by atoms with E-state index < -0.39 is 0 Å². The Balaban J connectivity index is 2.09. The van der Waals surface area contributed by atoms with Crippen LogP contribution in [-0.4, -0.2) is 49.0 Å². The fourth-order valence-corrected chi connectivity index (χ4v) is 2.05. The van der Waals surface area contributed by atoms with E-state index in [0.29, 0.717) is 24.3 Å². The molecule has 0 aromatic carbocycles. The fourth-order valence-electron chi connectivity index (χ4n) is 2.05. The number of hydrogen-bond acceptors (Lipinski definition) is 7. The van der Waals surface area contributed by atoms with Crippen LogP contribution in [-0.2, 0) is 4.74 Å². The Kier molecular flexibility index (Phi) is 4.39. The van der Waals surface area contributed by atoms with Gasteiger partial charge in [-0.15, -0.1) is 0 Å². The van der Waals surface area contributed by atoms with Gasteiger partial charge in [-0.25, -0.2) is 0 Å². The Labute approximate surface area is 112 Å². The summed E-state index contributed by atoms with van der Waals surface area (Å²) >= 11 is 0. The molecule has 7 nitrogen and oxygen atoms in total. The Morgan fingerprint density at radius 2 is 1.95 bits per heavy atom. The predicted molar refractivity (Wildman–Crippen MR) is 70.6 cm³/mol. The van der Waals surface area contributed by atoms with Crippen molar-refractivity contribution in [2.75, 3.05) is 26.1 Å². The van der Waals surface area contributed by atoms with Gasteiger partial charge in [0.1, 0.15) is 0 Å². The second kappa shape index (κ2) is 6.03. The zero-order valence-electron chi connectivity index (χ0n) is 11.4. The van der Waals surface area contributed by atoms with Gasteiger partial charge < -0.3 is 25.3 Å². The summed E-state index contributed by atoms with van der Waals surface area (Å²) in [6.45, 7) is 2.63. The topological polar surface area (TPSA) is 91.5 Å². The monoisotopic (exact) mass is 268 g/mol. The number of nitrogens with two attached hydrogens (primary N) is 1. The summed E-state index contributed by atoms with van der Waals surface area (Å²) < 4.78 is 15.8. The van der Waals surface area contributed by atoms with Crippen molar-refractivity contribution >= 4 is 5.95 Å². The maximum atomic E-state index is 5.97. The van der Waals surface area contributed by atoms with Gasteiger partial charge in [0.05, 0.1) is 32.4 Å². The average molecular weight is 268 g/mol. The second-order valence-electron chi connectivity index (χ2n) is 4.34. The molecule has 19 heavy (non-hydrogen) atoms. The van der Waals surface area contributed by atoms with Gasteiger partial charge >= 0.3 is 0 Å². The standard InChI is InChI=1S/C12H20N4O3/c1-4-19-8-5-7(13)11(8)16-12-14-9(17-2)6-10(15-12)18-3/h6-8,11H,4-5,13H2,1-3H3,(H,14,15,16). The van der Waals surface area contributed by atoms with E-state index in [1.165, 1.54) is 0 Å². The van der Waals surface area contributed by atoms with Gasteiger partial charge in [0.15, 0.2) is 0 Å². The quantitative estimate of drug-likeness (QED) is 0.772. The molecule has 1 aromatic heterocycles. The van der Waals surface area contributed by atoms with Gasteiger partial charge in [-0.3, -0.25) is 0 Å². The summed E-state index contributed by atoms with van der Waals surface area (Å²) in [5.74, 6) is 1.31. The number of nitrogens with one attached hydrogen (secondary N) is 1. The third kappa shape index (κ3) is 3.05. The Bertz CT molecular complexity index is 405. The maximum Gasteiger partial charge on any atom is 0.229 e. The molecule has 0 aliphatic heterocycles. The molecule has 2 rings (SSSR count). The van der Waals surface area contributed by atoms with Crippen LogP contribution in [0.2, 0.25) is 0 Å². The number of rotatable bonds is 6. The second-order valence-corrected chi connectivity index (χ2v) is 4.34. The third-order valence-electron chi connectivity index (χ3n) is 3.14. The molecule has 106 valence electrons. The first-order valence-electron chi connectivity index (χ1n) is 6.28. The van der Waals surface area contributed by atoms with Gasteiger partial charge in [-0.05, 0) is 13.3 Å². The highest BCUT2D eigenvalue weighted by Crippen LogP contribution is 2.26. The maximum absolute atomic E-state index is 5.97. The lowest BCUT2D eigenvalue weighted by molar-refractivity contribution is -0.0128. The third-order valence-corrected chi connectivity index (χ3v) is 3.14. The summed E-state index contributed by atoms with van der Waals surface area (Å²) in [4.78, 5) is 8.43. The average Bonchev–Trinajstić information content (AvgIpc) is 2.44. The van der Waals surface area contributed by atoms with Crippen molar-refractivity contribution in [2.24, 2.45) is 5.73 Å². The van der Waals surface area contributed by atoms with E-state index in [4.69, 9.17) is 19.9 Å². The van der Waals surface area contributed by atoms with Crippen LogP contribution in [0, 0.1) is 0 Å². The van der Waals surface area contributed by atoms with Crippen molar-refractivity contribution in [1.82, 2.24) is 9.97 Å². The van der Waals surface area contributed by atoms with E-state index in [2.05, 4.69) is 15.3 Å². The highest BCUT2D eigenvalue weighted by atomic mass is 16.5. The molecular weight excluding hydrogens is 248 g/mol. The molecule has 0 bridgehead atoms. The minimum Gasteiger partial charge on any atom is -0.481 e. The molecule has 0 saturated heterocycles. The molecule has 1 fully saturated rings. The molecule has 7 heteroatoms. The van der Waals surface area contributed by atoms with Crippen LogP contribution in [0.4, 0.5) is 5.95 Å². The first kappa shape index (κ1) is 13.8. The van der Waals surface area contributed by atoms with Crippen LogP contribution >= 0.6 is 0 Å². The highest BCUT2D eigenvalue weighted by Gasteiger charge is 2.39. The van der Waals surface area contributed by atoms with Gasteiger partial charge in [0.25, 0.3) is 0 Å². The van der Waals surface area contributed by atoms with Crippen molar-refractivity contribution in [3.05, 3.63) is 6.07 Å². The molecule has 3 atom stereocenters. The Morgan fingerprint density at radius 1 is 1.32 bits per heavy atom. The van der Waals surface area contributed by atoms with Crippen LogP contribution in [0.1, 0.15) is 13.3 Å². The van der Waals surface area contributed by atoms with Crippen LogP contribution < -0.4 is 20.5 Å². The Hall–Kier alpha value is -1.60. The molecule has 1 aliphatic carbocycles. The van der Waals surface area contributed by atoms with Crippen LogP contribution in [0.25, 0.3) is 0 Å². The molecule has 1 heterocycles. The lowest BCUT2D eigenvalue weighted by atomic mass is 9.83. The minimum absolute atomic E-state index is 0.0109. The van der Waals surface area contributed by atoms with Crippen molar-refractivity contribution in [3.63, 3.8) is 0 Å². The SMILES string of the molecule is CCOC1CC(N)C1Nc1nc(OC)cc(OC)n1. The van der Waals surface area contributed by atoms with E-state index in [9.17, 15) is 0 Å². The number of anilines is 1. The molecule has 0 amide bonds. The first-order valence-corrected chi connectivity index (χ1v) is 6.28. The van der Waals surface area contributed by atoms with E-state index in [1.54, 1.807) is 20.3 Å². The molecular formula is C12H20N4O3. The summed E-state index contributed by atoms with van der Waals surface area (Å²) in [6.07, 6.45) is 0.938. The minimum atomic E-state index is 0.0109. The largest absolute Gasteiger partial charge is 0.481 e. The number of nitrogens with zero attached hydrogens (tertiary/aromatic N) is 2. The van der Waals surface area contributed by atoms with E-state index in [-0.39, 0.29) is 18.2 Å². The first-order chi connectivity index (χ1) is 9.17. The van der Waals surface area contributed by atoms with Crippen molar-refractivity contribution in [3.8, 4) is 11.8 Å². The van der Waals surface area contributed by atoms with Crippen molar-refractivity contribution in [1.29, 1.82) is 0 Å². The molecule has 1 aliphatic rings. The Morgan fingerprint density at radius 3 is 2.42 bits per heavy atom. The molecule has 0 radical (unpaired) electrons. The summed E-state index contributed by atoms with van der Waals surface area (Å²) in [7, 11) is 3.09. The van der Waals surface area contributed by atoms with Gasteiger partial charge in [-0.1, -0.05) is 0 Å².